The summed E-state index contributed by atoms with van der Waals surface area (Å²) >= 11 is 6.39. The third-order valence-corrected chi connectivity index (χ3v) is 8.52. The van der Waals surface area contributed by atoms with Crippen LogP contribution in [0.5, 0.6) is 0 Å². The maximum absolute atomic E-state index is 14.1. The second kappa shape index (κ2) is 15.0. The molecule has 1 saturated carbocycles. The number of benzene rings is 2. The van der Waals surface area contributed by atoms with Crippen LogP contribution in [-0.4, -0.2) is 51.2 Å². The van der Waals surface area contributed by atoms with Crippen molar-refractivity contribution in [3.05, 3.63) is 88.1 Å². The van der Waals surface area contributed by atoms with Gasteiger partial charge in [0.05, 0.1) is 16.8 Å². The molecule has 12 nitrogen and oxygen atoms in total. The van der Waals surface area contributed by atoms with Crippen molar-refractivity contribution in [1.82, 2.24) is 20.4 Å². The Bertz CT molecular complexity index is 1810. The molecular formula is C35H39ClN6O6. The van der Waals surface area contributed by atoms with E-state index in [9.17, 15) is 19.2 Å². The van der Waals surface area contributed by atoms with E-state index in [0.29, 0.717) is 48.5 Å². The van der Waals surface area contributed by atoms with E-state index in [-0.39, 0.29) is 24.1 Å². The van der Waals surface area contributed by atoms with Crippen molar-refractivity contribution in [3.63, 3.8) is 0 Å². The van der Waals surface area contributed by atoms with Gasteiger partial charge in [-0.2, -0.15) is 0 Å². The fraction of sp³-hybridized carbons (Fsp3) is 0.371. The minimum absolute atomic E-state index is 0.176. The lowest BCUT2D eigenvalue weighted by Gasteiger charge is -2.32. The van der Waals surface area contributed by atoms with Gasteiger partial charge in [-0.05, 0) is 100 Å². The summed E-state index contributed by atoms with van der Waals surface area (Å²) in [5, 5.41) is 7.08. The third-order valence-electron chi connectivity index (χ3n) is 8.19. The van der Waals surface area contributed by atoms with Crippen LogP contribution in [0.15, 0.2) is 76.3 Å². The van der Waals surface area contributed by atoms with Crippen LogP contribution in [0.2, 0.25) is 5.02 Å². The van der Waals surface area contributed by atoms with Gasteiger partial charge in [-0.1, -0.05) is 41.0 Å². The smallest absolute Gasteiger partial charge is 0.439 e. The van der Waals surface area contributed by atoms with E-state index in [4.69, 9.17) is 22.1 Å². The SMILES string of the molecule is CC(C)(C)OC(=O)NC[C@H]1CC[C@H](C(=O)N(C(=O)[C@@H](N)Cc2cccc(-c3cnccc3Cl)c2)c2ccc(-c3noc(=O)[nH]3)cc2)CC1. The van der Waals surface area contributed by atoms with Gasteiger partial charge in [0.1, 0.15) is 5.60 Å². The fourth-order valence-electron chi connectivity index (χ4n) is 5.79. The van der Waals surface area contributed by atoms with Gasteiger partial charge in [0.2, 0.25) is 5.91 Å². The zero-order valence-corrected chi connectivity index (χ0v) is 27.8. The Morgan fingerprint density at radius 1 is 1.08 bits per heavy atom. The molecule has 3 amide bonds. The predicted molar refractivity (Wildman–Crippen MR) is 181 cm³/mol. The molecule has 48 heavy (non-hydrogen) atoms. The number of anilines is 1. The first-order chi connectivity index (χ1) is 22.9. The summed E-state index contributed by atoms with van der Waals surface area (Å²) in [6, 6.07) is 14.7. The van der Waals surface area contributed by atoms with Crippen LogP contribution in [-0.2, 0) is 20.7 Å². The number of pyridine rings is 1. The predicted octanol–water partition coefficient (Wildman–Crippen LogP) is 5.51. The summed E-state index contributed by atoms with van der Waals surface area (Å²) in [6.07, 6.45) is 5.48. The summed E-state index contributed by atoms with van der Waals surface area (Å²) in [5.41, 5.74) is 9.21. The summed E-state index contributed by atoms with van der Waals surface area (Å²) in [6.45, 7) is 5.86. The van der Waals surface area contributed by atoms with Crippen molar-refractivity contribution < 1.29 is 23.6 Å². The molecule has 1 aliphatic carbocycles. The molecule has 0 saturated heterocycles. The number of rotatable bonds is 9. The van der Waals surface area contributed by atoms with E-state index in [1.807, 2.05) is 24.3 Å². The van der Waals surface area contributed by atoms with Crippen LogP contribution >= 0.6 is 11.6 Å². The molecule has 0 aliphatic heterocycles. The van der Waals surface area contributed by atoms with Gasteiger partial charge < -0.3 is 15.8 Å². The van der Waals surface area contributed by atoms with Crippen molar-refractivity contribution >= 4 is 35.2 Å². The van der Waals surface area contributed by atoms with Crippen molar-refractivity contribution in [3.8, 4) is 22.5 Å². The summed E-state index contributed by atoms with van der Waals surface area (Å²) in [5.74, 6) is -1.59. The number of imide groups is 1. The van der Waals surface area contributed by atoms with Crippen LogP contribution in [0.1, 0.15) is 52.0 Å². The molecule has 0 unspecified atom stereocenters. The number of amides is 3. The van der Waals surface area contributed by atoms with E-state index < -0.39 is 35.3 Å². The largest absolute Gasteiger partial charge is 0.444 e. The number of ether oxygens (including phenoxy) is 1. The van der Waals surface area contributed by atoms with Crippen LogP contribution in [0.25, 0.3) is 22.5 Å². The highest BCUT2D eigenvalue weighted by Crippen LogP contribution is 2.33. The number of nitrogens with zero attached hydrogens (tertiary/aromatic N) is 3. The molecule has 1 fully saturated rings. The van der Waals surface area contributed by atoms with Crippen LogP contribution in [0, 0.1) is 11.8 Å². The average Bonchev–Trinajstić information content (AvgIpc) is 3.50. The molecule has 1 atom stereocenters. The Balaban J connectivity index is 1.32. The number of aromatic amines is 1. The number of nitrogens with one attached hydrogen (secondary N) is 2. The first kappa shape index (κ1) is 34.5. The zero-order valence-electron chi connectivity index (χ0n) is 27.1. The number of carbonyl (C=O) groups excluding carboxylic acids is 3. The number of hydrogen-bond donors (Lipinski definition) is 3. The molecule has 2 heterocycles. The van der Waals surface area contributed by atoms with Gasteiger partial charge in [0, 0.05) is 36.0 Å². The second-order valence-corrected chi connectivity index (χ2v) is 13.4. The molecular weight excluding hydrogens is 636 g/mol. The highest BCUT2D eigenvalue weighted by molar-refractivity contribution is 6.33. The third kappa shape index (κ3) is 8.75. The van der Waals surface area contributed by atoms with Crippen molar-refractivity contribution in [2.75, 3.05) is 11.4 Å². The van der Waals surface area contributed by atoms with E-state index in [2.05, 4.69) is 25.0 Å². The normalized spacial score (nSPS) is 16.9. The fourth-order valence-corrected chi connectivity index (χ4v) is 6.00. The van der Waals surface area contributed by atoms with Gasteiger partial charge in [-0.25, -0.2) is 14.5 Å². The van der Waals surface area contributed by atoms with Crippen molar-refractivity contribution in [2.24, 2.45) is 17.6 Å². The van der Waals surface area contributed by atoms with E-state index >= 15 is 0 Å². The second-order valence-electron chi connectivity index (χ2n) is 13.0. The molecule has 2 aromatic heterocycles. The lowest BCUT2D eigenvalue weighted by Crippen LogP contribution is -2.50. The molecule has 0 bridgehead atoms. The number of halogens is 1. The molecule has 4 N–H and O–H groups in total. The Kier molecular flexibility index (Phi) is 10.8. The zero-order chi connectivity index (χ0) is 34.4. The number of alkyl carbamates (subject to hydrolysis) is 1. The van der Waals surface area contributed by atoms with Gasteiger partial charge in [-0.15, -0.1) is 0 Å². The van der Waals surface area contributed by atoms with Gasteiger partial charge >= 0.3 is 11.8 Å². The molecule has 5 rings (SSSR count). The molecule has 13 heteroatoms. The topological polar surface area (TPSA) is 174 Å². The number of nitrogens with two attached hydrogens (primary N) is 1. The summed E-state index contributed by atoms with van der Waals surface area (Å²) in [4.78, 5) is 59.6. The highest BCUT2D eigenvalue weighted by atomic mass is 35.5. The van der Waals surface area contributed by atoms with Gasteiger partial charge in [0.15, 0.2) is 5.82 Å². The minimum Gasteiger partial charge on any atom is -0.444 e. The van der Waals surface area contributed by atoms with Crippen LogP contribution in [0.3, 0.4) is 0 Å². The summed E-state index contributed by atoms with van der Waals surface area (Å²) < 4.78 is 9.94. The molecule has 252 valence electrons. The van der Waals surface area contributed by atoms with Crippen LogP contribution < -0.4 is 21.7 Å². The lowest BCUT2D eigenvalue weighted by molar-refractivity contribution is -0.130. The maximum atomic E-state index is 14.1. The summed E-state index contributed by atoms with van der Waals surface area (Å²) in [7, 11) is 0. The Morgan fingerprint density at radius 3 is 2.46 bits per heavy atom. The monoisotopic (exact) mass is 674 g/mol. The molecule has 2 aromatic carbocycles. The van der Waals surface area contributed by atoms with Gasteiger partial charge in [0.25, 0.3) is 5.91 Å². The van der Waals surface area contributed by atoms with Gasteiger partial charge in [-0.3, -0.25) is 24.1 Å². The van der Waals surface area contributed by atoms with E-state index in [1.54, 1.807) is 63.5 Å². The first-order valence-electron chi connectivity index (χ1n) is 15.8. The van der Waals surface area contributed by atoms with E-state index in [1.165, 1.54) is 4.90 Å². The lowest BCUT2D eigenvalue weighted by atomic mass is 9.81. The molecule has 4 aromatic rings. The average molecular weight is 675 g/mol. The number of H-pyrrole nitrogens is 1. The maximum Gasteiger partial charge on any atom is 0.439 e. The Hall–Kier alpha value is -4.81. The number of aromatic nitrogens is 3. The van der Waals surface area contributed by atoms with E-state index in [0.717, 1.165) is 16.7 Å². The molecule has 0 radical (unpaired) electrons. The first-order valence-corrected chi connectivity index (χ1v) is 16.2. The minimum atomic E-state index is -1.03. The molecule has 0 spiro atoms. The highest BCUT2D eigenvalue weighted by Gasteiger charge is 2.35. The Labute approximate surface area is 283 Å². The quantitative estimate of drug-likeness (QED) is 0.207. The number of carbonyl (C=O) groups is 3. The Morgan fingerprint density at radius 2 is 1.81 bits per heavy atom. The number of hydrogen-bond acceptors (Lipinski definition) is 9. The van der Waals surface area contributed by atoms with Crippen LogP contribution in [0.4, 0.5) is 10.5 Å². The molecule has 1 aliphatic rings. The van der Waals surface area contributed by atoms with Crippen molar-refractivity contribution in [1.29, 1.82) is 0 Å². The van der Waals surface area contributed by atoms with Crippen molar-refractivity contribution in [2.45, 2.75) is 64.5 Å². The standard InChI is InChI=1S/C35H39ClN6O6/c1-35(2,3)47-33(45)39-19-21-7-9-24(10-8-21)31(43)42(26-13-11-23(12-14-26)30-40-34(46)48-41-30)32(44)29(37)18-22-5-4-6-25(17-22)27-20-38-16-15-28(27)36/h4-6,11-17,20-21,24,29H,7-10,18-19,37H2,1-3H3,(H,39,45)(H,40,41,46)/t21-,24-,29-/m0/s1.